The molecule has 1 N–H and O–H groups in total. The minimum Gasteiger partial charge on any atom is -0.492 e. The Bertz CT molecular complexity index is 686. The lowest BCUT2D eigenvalue weighted by molar-refractivity contribution is 0.102. The third-order valence-corrected chi connectivity index (χ3v) is 3.76. The summed E-state index contributed by atoms with van der Waals surface area (Å²) < 4.78 is 11.5. The molecule has 0 heterocycles. The number of carbonyl (C=O) groups excluding carboxylic acids is 1. The molecule has 5 heteroatoms. The number of para-hydroxylation sites is 1. The predicted molar refractivity (Wildman–Crippen MR) is 91.0 cm³/mol. The molecule has 0 fully saturated rings. The highest BCUT2D eigenvalue weighted by Gasteiger charge is 2.15. The first-order valence-electron chi connectivity index (χ1n) is 6.94. The lowest BCUT2D eigenvalue weighted by Crippen LogP contribution is -2.13. The summed E-state index contributed by atoms with van der Waals surface area (Å²) in [5.41, 5.74) is 2.30. The minimum atomic E-state index is -0.196. The van der Waals surface area contributed by atoms with Crippen molar-refractivity contribution in [3.63, 3.8) is 0 Å². The molecular weight excluding hydrogens is 346 g/mol. The van der Waals surface area contributed by atoms with Gasteiger partial charge in [0.15, 0.2) is 11.5 Å². The van der Waals surface area contributed by atoms with Crippen molar-refractivity contribution in [2.75, 3.05) is 19.0 Å². The van der Waals surface area contributed by atoms with Crippen molar-refractivity contribution >= 4 is 27.5 Å². The number of hydrogen-bond donors (Lipinski definition) is 1. The van der Waals surface area contributed by atoms with Crippen LogP contribution < -0.4 is 14.8 Å². The Hall–Kier alpha value is -2.01. The molecule has 2 aromatic rings. The quantitative estimate of drug-likeness (QED) is 0.855. The number of ether oxygens (including phenoxy) is 2. The molecule has 1 amide bonds. The predicted octanol–water partition coefficient (Wildman–Crippen LogP) is 4.42. The first kappa shape index (κ1) is 16.4. The monoisotopic (exact) mass is 363 g/mol. The second-order valence-electron chi connectivity index (χ2n) is 4.69. The van der Waals surface area contributed by atoms with E-state index in [-0.39, 0.29) is 5.91 Å². The topological polar surface area (TPSA) is 47.6 Å². The first-order valence-corrected chi connectivity index (χ1v) is 7.73. The molecule has 2 aromatic carbocycles. The summed E-state index contributed by atoms with van der Waals surface area (Å²) in [5, 5.41) is 2.90. The van der Waals surface area contributed by atoms with Gasteiger partial charge in [-0.05, 0) is 53.5 Å². The third kappa shape index (κ3) is 3.60. The summed E-state index contributed by atoms with van der Waals surface area (Å²) in [6.07, 6.45) is 0. The standard InChI is InChI=1S/C17H18BrNO3/c1-4-22-15-10-12(9-13(18)16(15)21-3)17(20)19-14-8-6-5-7-11(14)2/h5-10H,4H2,1-3H3,(H,19,20). The summed E-state index contributed by atoms with van der Waals surface area (Å²) in [5.74, 6) is 0.919. The second kappa shape index (κ2) is 7.31. The zero-order valence-corrected chi connectivity index (χ0v) is 14.4. The van der Waals surface area contributed by atoms with Crippen molar-refractivity contribution in [1.82, 2.24) is 0 Å². The van der Waals surface area contributed by atoms with Gasteiger partial charge in [-0.15, -0.1) is 0 Å². The van der Waals surface area contributed by atoms with E-state index in [1.807, 2.05) is 38.1 Å². The molecule has 0 saturated carbocycles. The Balaban J connectivity index is 2.32. The summed E-state index contributed by atoms with van der Waals surface area (Å²) in [6.45, 7) is 4.32. The van der Waals surface area contributed by atoms with Crippen molar-refractivity contribution in [3.05, 3.63) is 52.0 Å². The van der Waals surface area contributed by atoms with E-state index in [1.165, 1.54) is 0 Å². The van der Waals surface area contributed by atoms with E-state index in [4.69, 9.17) is 9.47 Å². The number of benzene rings is 2. The average molecular weight is 364 g/mol. The summed E-state index contributed by atoms with van der Waals surface area (Å²) >= 11 is 3.41. The molecule has 2 rings (SSSR count). The summed E-state index contributed by atoms with van der Waals surface area (Å²) in [7, 11) is 1.57. The van der Waals surface area contributed by atoms with Gasteiger partial charge in [0.25, 0.3) is 5.91 Å². The molecule has 0 atom stereocenters. The van der Waals surface area contributed by atoms with Crippen LogP contribution in [0.4, 0.5) is 5.69 Å². The number of methoxy groups -OCH3 is 1. The maximum absolute atomic E-state index is 12.4. The van der Waals surface area contributed by atoms with Gasteiger partial charge < -0.3 is 14.8 Å². The van der Waals surface area contributed by atoms with Crippen molar-refractivity contribution < 1.29 is 14.3 Å². The van der Waals surface area contributed by atoms with Crippen LogP contribution >= 0.6 is 15.9 Å². The first-order chi connectivity index (χ1) is 10.6. The zero-order valence-electron chi connectivity index (χ0n) is 12.8. The molecule has 22 heavy (non-hydrogen) atoms. The highest BCUT2D eigenvalue weighted by molar-refractivity contribution is 9.10. The van der Waals surface area contributed by atoms with Crippen LogP contribution in [0.15, 0.2) is 40.9 Å². The van der Waals surface area contributed by atoms with Crippen molar-refractivity contribution in [2.45, 2.75) is 13.8 Å². The average Bonchev–Trinajstić information content (AvgIpc) is 2.49. The van der Waals surface area contributed by atoms with Crippen LogP contribution in [0.1, 0.15) is 22.8 Å². The number of amides is 1. The molecule has 0 spiro atoms. The lowest BCUT2D eigenvalue weighted by Gasteiger charge is -2.14. The van der Waals surface area contributed by atoms with Crippen LogP contribution in [0.25, 0.3) is 0 Å². The van der Waals surface area contributed by atoms with Crippen LogP contribution in [0.3, 0.4) is 0 Å². The highest BCUT2D eigenvalue weighted by atomic mass is 79.9. The molecule has 0 radical (unpaired) electrons. The third-order valence-electron chi connectivity index (χ3n) is 3.17. The van der Waals surface area contributed by atoms with E-state index < -0.39 is 0 Å². The van der Waals surface area contributed by atoms with Gasteiger partial charge in [0, 0.05) is 11.3 Å². The number of anilines is 1. The summed E-state index contributed by atoms with van der Waals surface area (Å²) in [6, 6.07) is 11.0. The zero-order chi connectivity index (χ0) is 16.1. The molecule has 0 unspecified atom stereocenters. The largest absolute Gasteiger partial charge is 0.492 e. The van der Waals surface area contributed by atoms with Crippen molar-refractivity contribution in [1.29, 1.82) is 0 Å². The van der Waals surface area contributed by atoms with Gasteiger partial charge in [0.2, 0.25) is 0 Å². The fourth-order valence-electron chi connectivity index (χ4n) is 2.07. The SMILES string of the molecule is CCOc1cc(C(=O)Nc2ccccc2C)cc(Br)c1OC. The van der Waals surface area contributed by atoms with Gasteiger partial charge in [0.1, 0.15) is 0 Å². The van der Waals surface area contributed by atoms with Gasteiger partial charge in [-0.25, -0.2) is 0 Å². The molecule has 0 aliphatic heterocycles. The van der Waals surface area contributed by atoms with E-state index >= 15 is 0 Å². The van der Waals surface area contributed by atoms with Crippen molar-refractivity contribution in [3.8, 4) is 11.5 Å². The second-order valence-corrected chi connectivity index (χ2v) is 5.55. The molecule has 0 aromatic heterocycles. The normalized spacial score (nSPS) is 10.2. The fraction of sp³-hybridized carbons (Fsp3) is 0.235. The van der Waals surface area contributed by atoms with E-state index in [0.717, 1.165) is 11.3 Å². The minimum absolute atomic E-state index is 0.196. The number of rotatable bonds is 5. The molecule has 4 nitrogen and oxygen atoms in total. The number of carbonyl (C=O) groups is 1. The highest BCUT2D eigenvalue weighted by Crippen LogP contribution is 2.36. The van der Waals surface area contributed by atoms with Crippen LogP contribution in [0.5, 0.6) is 11.5 Å². The van der Waals surface area contributed by atoms with E-state index in [9.17, 15) is 4.79 Å². The maximum atomic E-state index is 12.4. The molecule has 0 saturated heterocycles. The Morgan fingerprint density at radius 3 is 2.64 bits per heavy atom. The van der Waals surface area contributed by atoms with E-state index in [0.29, 0.717) is 28.1 Å². The van der Waals surface area contributed by atoms with E-state index in [1.54, 1.807) is 19.2 Å². The van der Waals surface area contributed by atoms with Gasteiger partial charge in [-0.2, -0.15) is 0 Å². The molecular formula is C17H18BrNO3. The molecule has 0 aliphatic carbocycles. The number of nitrogens with one attached hydrogen (secondary N) is 1. The Morgan fingerprint density at radius 1 is 1.27 bits per heavy atom. The van der Waals surface area contributed by atoms with Gasteiger partial charge in [-0.3, -0.25) is 4.79 Å². The van der Waals surface area contributed by atoms with Crippen molar-refractivity contribution in [2.24, 2.45) is 0 Å². The maximum Gasteiger partial charge on any atom is 0.255 e. The Labute approximate surface area is 138 Å². The smallest absolute Gasteiger partial charge is 0.255 e. The van der Waals surface area contributed by atoms with Crippen LogP contribution in [0.2, 0.25) is 0 Å². The molecule has 0 bridgehead atoms. The Morgan fingerprint density at radius 2 is 2.00 bits per heavy atom. The van der Waals surface area contributed by atoms with Gasteiger partial charge in [-0.1, -0.05) is 18.2 Å². The lowest BCUT2D eigenvalue weighted by atomic mass is 10.1. The molecule has 116 valence electrons. The van der Waals surface area contributed by atoms with Crippen LogP contribution in [-0.2, 0) is 0 Å². The van der Waals surface area contributed by atoms with E-state index in [2.05, 4.69) is 21.2 Å². The Kier molecular flexibility index (Phi) is 5.44. The van der Waals surface area contributed by atoms with Crippen LogP contribution in [-0.4, -0.2) is 19.6 Å². The number of hydrogen-bond acceptors (Lipinski definition) is 3. The fourth-order valence-corrected chi connectivity index (χ4v) is 2.67. The number of aryl methyl sites for hydroxylation is 1. The molecule has 0 aliphatic rings. The van der Waals surface area contributed by atoms with Crippen LogP contribution in [0, 0.1) is 6.92 Å². The van der Waals surface area contributed by atoms with Gasteiger partial charge in [0.05, 0.1) is 18.2 Å². The summed E-state index contributed by atoms with van der Waals surface area (Å²) in [4.78, 5) is 12.4. The number of halogens is 1. The van der Waals surface area contributed by atoms with Gasteiger partial charge >= 0.3 is 0 Å².